The molecule has 0 atom stereocenters. The third-order valence-electron chi connectivity index (χ3n) is 6.40. The van der Waals surface area contributed by atoms with Crippen molar-refractivity contribution >= 4 is 23.5 Å². The number of aromatic nitrogens is 2. The van der Waals surface area contributed by atoms with Crippen LogP contribution in [-0.4, -0.2) is 76.3 Å². The predicted octanol–water partition coefficient (Wildman–Crippen LogP) is 4.73. The Morgan fingerprint density at radius 2 is 1.79 bits per heavy atom. The molecule has 39 heavy (non-hydrogen) atoms. The second-order valence-electron chi connectivity index (χ2n) is 9.47. The topological polar surface area (TPSA) is 94.1 Å². The number of piperazine rings is 1. The van der Waals surface area contributed by atoms with Gasteiger partial charge in [-0.2, -0.15) is 4.98 Å². The van der Waals surface area contributed by atoms with Gasteiger partial charge in [-0.25, -0.2) is 22.9 Å². The summed E-state index contributed by atoms with van der Waals surface area (Å²) >= 11 is 0. The van der Waals surface area contributed by atoms with Crippen molar-refractivity contribution in [1.29, 1.82) is 0 Å². The highest BCUT2D eigenvalue weighted by Crippen LogP contribution is 2.24. The first kappa shape index (κ1) is 28.1. The fourth-order valence-corrected chi connectivity index (χ4v) is 4.30. The Balaban J connectivity index is 1.35. The minimum atomic E-state index is -1.38. The Kier molecular flexibility index (Phi) is 9.20. The van der Waals surface area contributed by atoms with Gasteiger partial charge in [-0.15, -0.1) is 0 Å². The smallest absolute Gasteiger partial charge is 0.413 e. The maximum absolute atomic E-state index is 14.7. The Hall–Kier alpha value is -3.90. The largest absolute Gasteiger partial charge is 0.489 e. The molecule has 1 aliphatic heterocycles. The lowest BCUT2D eigenvalue weighted by atomic mass is 10.2. The van der Waals surface area contributed by atoms with Crippen LogP contribution < -0.4 is 15.0 Å². The van der Waals surface area contributed by atoms with Crippen LogP contribution in [0.4, 0.5) is 35.4 Å². The fourth-order valence-electron chi connectivity index (χ4n) is 4.30. The zero-order valence-electron chi connectivity index (χ0n) is 21.8. The van der Waals surface area contributed by atoms with Gasteiger partial charge in [-0.3, -0.25) is 14.7 Å². The van der Waals surface area contributed by atoms with E-state index in [-0.39, 0.29) is 29.6 Å². The van der Waals surface area contributed by atoms with Crippen LogP contribution in [0.1, 0.15) is 19.4 Å². The van der Waals surface area contributed by atoms with E-state index in [9.17, 15) is 23.1 Å². The summed E-state index contributed by atoms with van der Waals surface area (Å²) in [4.78, 5) is 25.6. The predicted molar refractivity (Wildman–Crippen MR) is 141 cm³/mol. The van der Waals surface area contributed by atoms with Gasteiger partial charge in [0.2, 0.25) is 5.95 Å². The number of hydrogen-bond acceptors (Lipinski definition) is 7. The highest BCUT2D eigenvalue weighted by molar-refractivity contribution is 5.84. The van der Waals surface area contributed by atoms with E-state index in [2.05, 4.69) is 38.9 Å². The molecule has 1 amide bonds. The zero-order valence-corrected chi connectivity index (χ0v) is 21.8. The van der Waals surface area contributed by atoms with Crippen LogP contribution in [0.3, 0.4) is 0 Å². The van der Waals surface area contributed by atoms with Crippen LogP contribution in [0, 0.1) is 17.5 Å². The van der Waals surface area contributed by atoms with E-state index >= 15 is 0 Å². The van der Waals surface area contributed by atoms with Gasteiger partial charge < -0.3 is 15.2 Å². The lowest BCUT2D eigenvalue weighted by Gasteiger charge is -2.36. The standard InChI is InChI=1S/C27H31F3N6O3/c1-18(2)35-9-7-34(8-10-35)11-12-39-24-4-3-22(16-23(24)30)32-26-31-6-5-25(33-26)36(27(37)38)17-19-13-20(28)15-21(29)14-19/h3-6,13-16,18H,7-12,17H2,1-2H3,(H,37,38)(H,31,32,33). The van der Waals surface area contributed by atoms with Crippen molar-refractivity contribution in [2.75, 3.05) is 49.5 Å². The van der Waals surface area contributed by atoms with Crippen LogP contribution in [0.5, 0.6) is 5.75 Å². The summed E-state index contributed by atoms with van der Waals surface area (Å²) in [5.74, 6) is -2.10. The third-order valence-corrected chi connectivity index (χ3v) is 6.40. The van der Waals surface area contributed by atoms with Gasteiger partial charge >= 0.3 is 6.09 Å². The van der Waals surface area contributed by atoms with E-state index < -0.39 is 23.5 Å². The molecule has 2 aromatic carbocycles. The Morgan fingerprint density at radius 3 is 2.44 bits per heavy atom. The number of nitrogens with zero attached hydrogens (tertiary/aromatic N) is 5. The molecular weight excluding hydrogens is 513 g/mol. The Labute approximate surface area is 224 Å². The average molecular weight is 545 g/mol. The first-order chi connectivity index (χ1) is 18.7. The molecule has 4 rings (SSSR count). The SMILES string of the molecule is CC(C)N1CCN(CCOc2ccc(Nc3nccc(N(Cc4cc(F)cc(F)c4)C(=O)O)n3)cc2F)CC1. The zero-order chi connectivity index (χ0) is 27.9. The molecule has 1 saturated heterocycles. The molecule has 12 heteroatoms. The summed E-state index contributed by atoms with van der Waals surface area (Å²) in [5.41, 5.74) is 0.439. The fraction of sp³-hybridized carbons (Fsp3) is 0.370. The van der Waals surface area contributed by atoms with Crippen LogP contribution in [0.15, 0.2) is 48.7 Å². The molecule has 208 valence electrons. The number of carbonyl (C=O) groups is 1. The van der Waals surface area contributed by atoms with Crippen molar-refractivity contribution in [3.63, 3.8) is 0 Å². The van der Waals surface area contributed by atoms with E-state index in [0.717, 1.165) is 43.2 Å². The minimum absolute atomic E-state index is 0.0118. The Bertz CT molecular complexity index is 1270. The van der Waals surface area contributed by atoms with Gasteiger partial charge in [0.05, 0.1) is 6.54 Å². The van der Waals surface area contributed by atoms with Crippen molar-refractivity contribution in [2.45, 2.75) is 26.4 Å². The quantitative estimate of drug-likeness (QED) is 0.379. The third kappa shape index (κ3) is 7.80. The molecular formula is C27H31F3N6O3. The molecule has 2 N–H and O–H groups in total. The number of amides is 1. The minimum Gasteiger partial charge on any atom is -0.489 e. The Morgan fingerprint density at radius 1 is 1.08 bits per heavy atom. The highest BCUT2D eigenvalue weighted by atomic mass is 19.1. The highest BCUT2D eigenvalue weighted by Gasteiger charge is 2.20. The molecule has 0 unspecified atom stereocenters. The van der Waals surface area contributed by atoms with Gasteiger partial charge in [-0.05, 0) is 49.7 Å². The number of anilines is 3. The van der Waals surface area contributed by atoms with E-state index in [1.54, 1.807) is 6.07 Å². The van der Waals surface area contributed by atoms with Gasteiger partial charge in [0.25, 0.3) is 0 Å². The molecule has 9 nitrogen and oxygen atoms in total. The molecule has 0 radical (unpaired) electrons. The van der Waals surface area contributed by atoms with Crippen molar-refractivity contribution in [3.05, 3.63) is 71.7 Å². The molecule has 3 aromatic rings. The van der Waals surface area contributed by atoms with Crippen molar-refractivity contribution in [3.8, 4) is 5.75 Å². The number of ether oxygens (including phenoxy) is 1. The summed E-state index contributed by atoms with van der Waals surface area (Å²) < 4.78 is 47.5. The maximum atomic E-state index is 14.7. The normalized spacial score (nSPS) is 14.4. The lowest BCUT2D eigenvalue weighted by molar-refractivity contribution is 0.0965. The molecule has 0 aliphatic carbocycles. The lowest BCUT2D eigenvalue weighted by Crippen LogP contribution is -2.49. The van der Waals surface area contributed by atoms with Gasteiger partial charge in [-0.1, -0.05) is 0 Å². The monoisotopic (exact) mass is 544 g/mol. The summed E-state index contributed by atoms with van der Waals surface area (Å²) in [5, 5.41) is 12.5. The summed E-state index contributed by atoms with van der Waals surface area (Å²) in [6.45, 7) is 9.00. The summed E-state index contributed by atoms with van der Waals surface area (Å²) in [7, 11) is 0. The van der Waals surface area contributed by atoms with E-state index in [1.807, 2.05) is 0 Å². The number of hydrogen-bond donors (Lipinski definition) is 2. The van der Waals surface area contributed by atoms with Crippen LogP contribution in [0.25, 0.3) is 0 Å². The summed E-state index contributed by atoms with van der Waals surface area (Å²) in [6.07, 6.45) is -0.0552. The number of nitrogens with one attached hydrogen (secondary N) is 1. The second kappa shape index (κ2) is 12.8. The first-order valence-electron chi connectivity index (χ1n) is 12.6. The molecule has 2 heterocycles. The number of halogens is 3. The average Bonchev–Trinajstić information content (AvgIpc) is 2.88. The molecule has 0 saturated carbocycles. The molecule has 1 aliphatic rings. The summed E-state index contributed by atoms with van der Waals surface area (Å²) in [6, 6.07) is 8.98. The van der Waals surface area contributed by atoms with Crippen LogP contribution >= 0.6 is 0 Å². The number of carboxylic acid groups (broad SMARTS) is 1. The van der Waals surface area contributed by atoms with Gasteiger partial charge in [0.15, 0.2) is 11.6 Å². The first-order valence-corrected chi connectivity index (χ1v) is 12.6. The number of rotatable bonds is 10. The number of benzene rings is 2. The van der Waals surface area contributed by atoms with Gasteiger partial charge in [0.1, 0.15) is 24.1 Å². The molecule has 0 bridgehead atoms. The molecule has 0 spiro atoms. The van der Waals surface area contributed by atoms with E-state index in [4.69, 9.17) is 4.74 Å². The van der Waals surface area contributed by atoms with E-state index in [1.165, 1.54) is 24.4 Å². The van der Waals surface area contributed by atoms with Crippen LogP contribution in [-0.2, 0) is 6.54 Å². The molecule has 1 aromatic heterocycles. The second-order valence-corrected chi connectivity index (χ2v) is 9.47. The maximum Gasteiger partial charge on any atom is 0.413 e. The molecule has 1 fully saturated rings. The van der Waals surface area contributed by atoms with Crippen molar-refractivity contribution in [1.82, 2.24) is 19.8 Å². The van der Waals surface area contributed by atoms with Crippen molar-refractivity contribution in [2.24, 2.45) is 0 Å². The van der Waals surface area contributed by atoms with E-state index in [0.29, 0.717) is 30.9 Å². The van der Waals surface area contributed by atoms with Crippen LogP contribution in [0.2, 0.25) is 0 Å². The van der Waals surface area contributed by atoms with Crippen molar-refractivity contribution < 1.29 is 27.8 Å². The van der Waals surface area contributed by atoms with Gasteiger partial charge in [0, 0.05) is 62.8 Å².